The number of aliphatic hydroxyl groups excluding tert-OH is 2. The van der Waals surface area contributed by atoms with Crippen molar-refractivity contribution in [1.82, 2.24) is 0 Å². The van der Waals surface area contributed by atoms with Crippen molar-refractivity contribution in [3.8, 4) is 0 Å². The highest BCUT2D eigenvalue weighted by atomic mass is 16.4. The summed E-state index contributed by atoms with van der Waals surface area (Å²) >= 11 is 0. The Balaban J connectivity index is 3.41. The minimum atomic E-state index is -1.20. The molecule has 0 aliphatic carbocycles. The van der Waals surface area contributed by atoms with Crippen molar-refractivity contribution in [2.24, 2.45) is 5.73 Å². The molecule has 0 rings (SSSR count). The predicted octanol–water partition coefficient (Wildman–Crippen LogP) is 3.77. The monoisotopic (exact) mass is 357 g/mol. The molecule has 0 amide bonds. The summed E-state index contributed by atoms with van der Waals surface area (Å²) in [5.74, 6) is -1.16. The van der Waals surface area contributed by atoms with Crippen LogP contribution in [0.25, 0.3) is 0 Å². The molecule has 0 saturated carbocycles. The highest BCUT2D eigenvalue weighted by Gasteiger charge is 2.20. The number of carbonyl (C=O) groups is 1. The summed E-state index contributed by atoms with van der Waals surface area (Å²) in [5.41, 5.74) is 5.34. The van der Waals surface area contributed by atoms with Gasteiger partial charge in [0.25, 0.3) is 0 Å². The summed E-state index contributed by atoms with van der Waals surface area (Å²) in [6.45, 7) is 2.20. The predicted molar refractivity (Wildman–Crippen MR) is 102 cm³/mol. The summed E-state index contributed by atoms with van der Waals surface area (Å²) in [4.78, 5) is 10.6. The molecule has 5 heteroatoms. The number of aliphatic hydroxyl groups is 2. The van der Waals surface area contributed by atoms with Gasteiger partial charge in [-0.1, -0.05) is 64.0 Å². The average Bonchev–Trinajstić information content (AvgIpc) is 2.59. The molecule has 3 atom stereocenters. The lowest BCUT2D eigenvalue weighted by Crippen LogP contribution is -2.41. The van der Waals surface area contributed by atoms with Crippen LogP contribution in [0.3, 0.4) is 0 Å². The number of unbranched alkanes of at least 4 members (excludes halogenated alkanes) is 7. The van der Waals surface area contributed by atoms with E-state index in [4.69, 9.17) is 10.8 Å². The second-order valence-electron chi connectivity index (χ2n) is 6.97. The van der Waals surface area contributed by atoms with Gasteiger partial charge in [-0.25, -0.2) is 0 Å². The zero-order valence-corrected chi connectivity index (χ0v) is 15.9. The molecule has 0 aliphatic heterocycles. The third-order valence-corrected chi connectivity index (χ3v) is 4.54. The Hall–Kier alpha value is -0.910. The summed E-state index contributed by atoms with van der Waals surface area (Å²) < 4.78 is 0. The van der Waals surface area contributed by atoms with Crippen LogP contribution in [0.2, 0.25) is 0 Å². The Morgan fingerprint density at radius 2 is 1.44 bits per heavy atom. The van der Waals surface area contributed by atoms with Gasteiger partial charge in [0, 0.05) is 0 Å². The van der Waals surface area contributed by atoms with E-state index < -0.39 is 18.1 Å². The van der Waals surface area contributed by atoms with Crippen LogP contribution in [0, 0.1) is 0 Å². The normalized spacial score (nSPS) is 15.4. The number of nitrogens with two attached hydrogens (primary N) is 1. The van der Waals surface area contributed by atoms with E-state index in [0.29, 0.717) is 12.8 Å². The molecule has 0 aromatic heterocycles. The van der Waals surface area contributed by atoms with E-state index in [2.05, 4.69) is 13.0 Å². The Bertz CT molecular complexity index is 347. The molecule has 0 heterocycles. The highest BCUT2D eigenvalue weighted by Crippen LogP contribution is 2.13. The summed E-state index contributed by atoms with van der Waals surface area (Å²) in [6.07, 6.45) is 16.3. The van der Waals surface area contributed by atoms with Crippen molar-refractivity contribution in [3.63, 3.8) is 0 Å². The Labute approximate surface area is 153 Å². The van der Waals surface area contributed by atoms with Gasteiger partial charge < -0.3 is 21.1 Å². The second kappa shape index (κ2) is 16.6. The van der Waals surface area contributed by atoms with E-state index >= 15 is 0 Å². The van der Waals surface area contributed by atoms with Gasteiger partial charge in [0.05, 0.1) is 12.2 Å². The Morgan fingerprint density at radius 3 is 2.04 bits per heavy atom. The quantitative estimate of drug-likeness (QED) is 0.234. The maximum atomic E-state index is 10.6. The van der Waals surface area contributed by atoms with Crippen LogP contribution in [0.5, 0.6) is 0 Å². The molecular formula is C20H39NO4. The van der Waals surface area contributed by atoms with Crippen LogP contribution in [0.4, 0.5) is 0 Å². The van der Waals surface area contributed by atoms with Gasteiger partial charge in [0.15, 0.2) is 0 Å². The maximum Gasteiger partial charge on any atom is 0.323 e. The zero-order valence-electron chi connectivity index (χ0n) is 15.9. The summed E-state index contributed by atoms with van der Waals surface area (Å²) in [6, 6.07) is -1.20. The molecule has 0 saturated heterocycles. The number of hydrogen-bond acceptors (Lipinski definition) is 4. The van der Waals surface area contributed by atoms with E-state index in [-0.39, 0.29) is 6.10 Å². The Kier molecular flexibility index (Phi) is 16.0. The Morgan fingerprint density at radius 1 is 0.880 bits per heavy atom. The van der Waals surface area contributed by atoms with Crippen LogP contribution < -0.4 is 5.73 Å². The first-order valence-electron chi connectivity index (χ1n) is 9.98. The molecule has 148 valence electrons. The van der Waals surface area contributed by atoms with Crippen LogP contribution in [-0.2, 0) is 4.79 Å². The number of carboxylic acids is 1. The number of carboxylic acid groups (broad SMARTS) is 1. The number of rotatable bonds is 17. The molecule has 0 spiro atoms. The molecule has 5 N–H and O–H groups in total. The third-order valence-electron chi connectivity index (χ3n) is 4.54. The van der Waals surface area contributed by atoms with Gasteiger partial charge in [0.2, 0.25) is 0 Å². The fourth-order valence-corrected chi connectivity index (χ4v) is 2.79. The van der Waals surface area contributed by atoms with Crippen molar-refractivity contribution in [1.29, 1.82) is 0 Å². The average molecular weight is 358 g/mol. The first-order chi connectivity index (χ1) is 12.0. The minimum absolute atomic E-state index is 0.125. The standard InChI is InChI=1S/C20H39NO4/c1-2-3-4-11-14-17(22)15-12-9-7-5-6-8-10-13-16-18(23)19(21)20(24)25/h8,10,17-19,22-23H,2-7,9,11-16,21H2,1H3,(H,24,25)/b10-8+. The molecule has 0 aromatic rings. The fourth-order valence-electron chi connectivity index (χ4n) is 2.79. The maximum absolute atomic E-state index is 10.6. The summed E-state index contributed by atoms with van der Waals surface area (Å²) in [7, 11) is 0. The largest absolute Gasteiger partial charge is 0.480 e. The third kappa shape index (κ3) is 15.1. The van der Waals surface area contributed by atoms with E-state index in [9.17, 15) is 15.0 Å². The van der Waals surface area contributed by atoms with Crippen molar-refractivity contribution >= 4 is 5.97 Å². The molecule has 25 heavy (non-hydrogen) atoms. The van der Waals surface area contributed by atoms with Crippen LogP contribution >= 0.6 is 0 Å². The van der Waals surface area contributed by atoms with Crippen molar-refractivity contribution < 1.29 is 20.1 Å². The lowest BCUT2D eigenvalue weighted by Gasteiger charge is -2.13. The molecule has 0 radical (unpaired) electrons. The SMILES string of the molecule is CCCCCCC(O)CCCCCC/C=C/CCC(O)C(N)C(=O)O. The molecule has 5 nitrogen and oxygen atoms in total. The lowest BCUT2D eigenvalue weighted by molar-refractivity contribution is -0.141. The molecule has 0 bridgehead atoms. The number of hydrogen-bond donors (Lipinski definition) is 4. The smallest absolute Gasteiger partial charge is 0.323 e. The molecule has 3 unspecified atom stereocenters. The molecule has 0 fully saturated rings. The van der Waals surface area contributed by atoms with Crippen LogP contribution in [-0.4, -0.2) is 39.5 Å². The fraction of sp³-hybridized carbons (Fsp3) is 0.850. The van der Waals surface area contributed by atoms with Crippen molar-refractivity contribution in [2.45, 2.75) is 109 Å². The van der Waals surface area contributed by atoms with Gasteiger partial charge in [0.1, 0.15) is 6.04 Å². The van der Waals surface area contributed by atoms with Crippen LogP contribution in [0.1, 0.15) is 90.4 Å². The minimum Gasteiger partial charge on any atom is -0.480 e. The van der Waals surface area contributed by atoms with E-state index in [1.165, 1.54) is 25.7 Å². The van der Waals surface area contributed by atoms with E-state index in [1.807, 2.05) is 6.08 Å². The van der Waals surface area contributed by atoms with Gasteiger partial charge >= 0.3 is 5.97 Å². The number of allylic oxidation sites excluding steroid dienone is 2. The van der Waals surface area contributed by atoms with Gasteiger partial charge in [-0.3, -0.25) is 4.79 Å². The van der Waals surface area contributed by atoms with E-state index in [0.717, 1.165) is 44.9 Å². The molecular weight excluding hydrogens is 318 g/mol. The zero-order chi connectivity index (χ0) is 18.9. The number of aliphatic carboxylic acids is 1. The topological polar surface area (TPSA) is 104 Å². The molecule has 0 aliphatic rings. The van der Waals surface area contributed by atoms with Gasteiger partial charge in [-0.15, -0.1) is 0 Å². The van der Waals surface area contributed by atoms with E-state index in [1.54, 1.807) is 0 Å². The first kappa shape index (κ1) is 24.1. The van der Waals surface area contributed by atoms with Crippen molar-refractivity contribution in [3.05, 3.63) is 12.2 Å². The summed E-state index contributed by atoms with van der Waals surface area (Å²) in [5, 5.41) is 28.1. The van der Waals surface area contributed by atoms with Gasteiger partial charge in [-0.05, 0) is 38.5 Å². The van der Waals surface area contributed by atoms with Gasteiger partial charge in [-0.2, -0.15) is 0 Å². The van der Waals surface area contributed by atoms with Crippen molar-refractivity contribution in [2.75, 3.05) is 0 Å². The molecule has 0 aromatic carbocycles. The highest BCUT2D eigenvalue weighted by molar-refractivity contribution is 5.73. The lowest BCUT2D eigenvalue weighted by atomic mass is 10.0. The second-order valence-corrected chi connectivity index (χ2v) is 6.97. The first-order valence-corrected chi connectivity index (χ1v) is 9.98. The van der Waals surface area contributed by atoms with Crippen LogP contribution in [0.15, 0.2) is 12.2 Å².